The van der Waals surface area contributed by atoms with Gasteiger partial charge in [0.2, 0.25) is 0 Å². The van der Waals surface area contributed by atoms with Gasteiger partial charge in [0, 0.05) is 5.70 Å². The number of hydrogen-bond donors (Lipinski definition) is 2. The van der Waals surface area contributed by atoms with E-state index in [1.807, 2.05) is 42.5 Å². The lowest BCUT2D eigenvalue weighted by Gasteiger charge is -2.29. The van der Waals surface area contributed by atoms with Crippen molar-refractivity contribution < 1.29 is 14.3 Å². The molecular weight excluding hydrogens is 304 g/mol. The number of carbonyl (C=O) groups excluding carboxylic acids is 2. The molecule has 2 amide bonds. The van der Waals surface area contributed by atoms with Crippen molar-refractivity contribution in [3.8, 4) is 0 Å². The molecule has 0 aromatic heterocycles. The summed E-state index contributed by atoms with van der Waals surface area (Å²) in [5.74, 6) is -0.423. The van der Waals surface area contributed by atoms with Crippen molar-refractivity contribution in [2.45, 2.75) is 32.9 Å². The van der Waals surface area contributed by atoms with Crippen molar-refractivity contribution in [1.29, 1.82) is 0 Å². The van der Waals surface area contributed by atoms with Crippen LogP contribution in [0.25, 0.3) is 10.8 Å². The fraction of sp³-hybridized carbons (Fsp3) is 0.263. The van der Waals surface area contributed by atoms with E-state index in [0.717, 1.165) is 16.3 Å². The van der Waals surface area contributed by atoms with E-state index in [-0.39, 0.29) is 12.1 Å². The molecule has 0 unspecified atom stereocenters. The number of nitrogens with one attached hydrogen (secondary N) is 2. The third-order valence-corrected chi connectivity index (χ3v) is 3.97. The van der Waals surface area contributed by atoms with E-state index >= 15 is 0 Å². The zero-order chi connectivity index (χ0) is 17.3. The molecule has 0 spiro atoms. The Morgan fingerprint density at radius 2 is 1.83 bits per heavy atom. The molecule has 0 fully saturated rings. The minimum Gasteiger partial charge on any atom is -0.459 e. The number of carbonyl (C=O) groups is 2. The third-order valence-electron chi connectivity index (χ3n) is 3.97. The number of benzene rings is 2. The largest absolute Gasteiger partial charge is 0.459 e. The molecule has 124 valence electrons. The first-order valence-corrected chi connectivity index (χ1v) is 7.94. The Bertz CT molecular complexity index is 834. The van der Waals surface area contributed by atoms with Gasteiger partial charge < -0.3 is 15.4 Å². The molecule has 1 atom stereocenters. The first kappa shape index (κ1) is 16.1. The van der Waals surface area contributed by atoms with Gasteiger partial charge in [-0.2, -0.15) is 0 Å². The number of esters is 1. The SMILES string of the molecule is CC1=C(C(=O)OC(C)C)[C@H](c2cccc3ccccc23)NC(=O)N1. The van der Waals surface area contributed by atoms with E-state index in [0.29, 0.717) is 11.3 Å². The summed E-state index contributed by atoms with van der Waals surface area (Å²) >= 11 is 0. The van der Waals surface area contributed by atoms with Gasteiger partial charge in [0.1, 0.15) is 0 Å². The molecule has 1 aliphatic rings. The molecule has 24 heavy (non-hydrogen) atoms. The molecule has 0 aliphatic carbocycles. The van der Waals surface area contributed by atoms with E-state index in [1.54, 1.807) is 20.8 Å². The maximum atomic E-state index is 12.6. The highest BCUT2D eigenvalue weighted by Crippen LogP contribution is 2.32. The standard InChI is InChI=1S/C19H20N2O3/c1-11(2)24-18(22)16-12(3)20-19(23)21-17(16)15-10-6-8-13-7-4-5-9-14(13)15/h4-11,17H,1-3H3,(H2,20,21,23)/t17-/m0/s1. The predicted octanol–water partition coefficient (Wildman–Crippen LogP) is 3.42. The highest BCUT2D eigenvalue weighted by molar-refractivity contribution is 5.97. The number of ether oxygens (including phenoxy) is 1. The van der Waals surface area contributed by atoms with Crippen LogP contribution in [0.5, 0.6) is 0 Å². The van der Waals surface area contributed by atoms with Crippen LogP contribution in [0.15, 0.2) is 53.7 Å². The second-order valence-electron chi connectivity index (χ2n) is 6.09. The summed E-state index contributed by atoms with van der Waals surface area (Å²) in [5.41, 5.74) is 1.82. The second-order valence-corrected chi connectivity index (χ2v) is 6.09. The molecule has 2 aromatic carbocycles. The van der Waals surface area contributed by atoms with Crippen LogP contribution in [0, 0.1) is 0 Å². The van der Waals surface area contributed by atoms with Gasteiger partial charge in [-0.05, 0) is 37.1 Å². The lowest BCUT2D eigenvalue weighted by atomic mass is 9.91. The molecule has 0 radical (unpaired) electrons. The van der Waals surface area contributed by atoms with Crippen molar-refractivity contribution in [2.75, 3.05) is 0 Å². The smallest absolute Gasteiger partial charge is 0.338 e. The van der Waals surface area contributed by atoms with E-state index in [1.165, 1.54) is 0 Å². The zero-order valence-corrected chi connectivity index (χ0v) is 13.9. The minimum atomic E-state index is -0.545. The fourth-order valence-electron chi connectivity index (χ4n) is 2.98. The van der Waals surface area contributed by atoms with E-state index in [9.17, 15) is 9.59 Å². The van der Waals surface area contributed by atoms with Gasteiger partial charge in [0.05, 0.1) is 17.7 Å². The van der Waals surface area contributed by atoms with Crippen LogP contribution in [0.3, 0.4) is 0 Å². The summed E-state index contributed by atoms with van der Waals surface area (Å²) in [6.07, 6.45) is -0.233. The first-order valence-electron chi connectivity index (χ1n) is 7.94. The topological polar surface area (TPSA) is 67.4 Å². The molecule has 2 aromatic rings. The number of hydrogen-bond acceptors (Lipinski definition) is 3. The van der Waals surface area contributed by atoms with Crippen LogP contribution >= 0.6 is 0 Å². The van der Waals surface area contributed by atoms with Crippen LogP contribution < -0.4 is 10.6 Å². The molecule has 1 heterocycles. The first-order chi connectivity index (χ1) is 11.5. The Morgan fingerprint density at radius 3 is 2.58 bits per heavy atom. The molecular formula is C19H20N2O3. The lowest BCUT2D eigenvalue weighted by Crippen LogP contribution is -2.45. The quantitative estimate of drug-likeness (QED) is 0.850. The Kier molecular flexibility index (Phi) is 4.25. The van der Waals surface area contributed by atoms with Gasteiger partial charge in [-0.1, -0.05) is 42.5 Å². The Hall–Kier alpha value is -2.82. The number of amides is 2. The van der Waals surface area contributed by atoms with Crippen LogP contribution in [-0.4, -0.2) is 18.1 Å². The van der Waals surface area contributed by atoms with Gasteiger partial charge in [0.25, 0.3) is 0 Å². The number of fused-ring (bicyclic) bond motifs is 1. The van der Waals surface area contributed by atoms with E-state index in [2.05, 4.69) is 10.6 Å². The van der Waals surface area contributed by atoms with Gasteiger partial charge in [-0.15, -0.1) is 0 Å². The maximum Gasteiger partial charge on any atom is 0.338 e. The number of rotatable bonds is 3. The number of allylic oxidation sites excluding steroid dienone is 1. The molecule has 5 nitrogen and oxygen atoms in total. The Morgan fingerprint density at radius 1 is 1.12 bits per heavy atom. The second kappa shape index (κ2) is 6.35. The summed E-state index contributed by atoms with van der Waals surface area (Å²) in [6, 6.07) is 12.9. The molecule has 0 saturated carbocycles. The van der Waals surface area contributed by atoms with E-state index < -0.39 is 12.0 Å². The van der Waals surface area contributed by atoms with Crippen molar-refractivity contribution in [3.05, 3.63) is 59.3 Å². The molecule has 0 bridgehead atoms. The van der Waals surface area contributed by atoms with Gasteiger partial charge in [0.15, 0.2) is 0 Å². The third kappa shape index (κ3) is 2.97. The van der Waals surface area contributed by atoms with Crippen molar-refractivity contribution in [2.24, 2.45) is 0 Å². The van der Waals surface area contributed by atoms with Gasteiger partial charge in [-0.3, -0.25) is 0 Å². The molecule has 1 aliphatic heterocycles. The molecule has 2 N–H and O–H groups in total. The normalized spacial score (nSPS) is 17.7. The summed E-state index contributed by atoms with van der Waals surface area (Å²) in [7, 11) is 0. The Labute approximate surface area is 140 Å². The van der Waals surface area contributed by atoms with Gasteiger partial charge in [-0.25, -0.2) is 9.59 Å². The fourth-order valence-corrected chi connectivity index (χ4v) is 2.98. The lowest BCUT2D eigenvalue weighted by molar-refractivity contribution is -0.143. The van der Waals surface area contributed by atoms with Crippen molar-refractivity contribution >= 4 is 22.8 Å². The molecule has 5 heteroatoms. The van der Waals surface area contributed by atoms with Crippen LogP contribution in [0.2, 0.25) is 0 Å². The van der Waals surface area contributed by atoms with Gasteiger partial charge >= 0.3 is 12.0 Å². The summed E-state index contributed by atoms with van der Waals surface area (Å²) in [6.45, 7) is 5.32. The highest BCUT2D eigenvalue weighted by Gasteiger charge is 2.33. The monoisotopic (exact) mass is 324 g/mol. The Balaban J connectivity index is 2.13. The minimum absolute atomic E-state index is 0.233. The summed E-state index contributed by atoms with van der Waals surface area (Å²) in [4.78, 5) is 24.5. The summed E-state index contributed by atoms with van der Waals surface area (Å²) in [5, 5.41) is 7.56. The summed E-state index contributed by atoms with van der Waals surface area (Å²) < 4.78 is 5.37. The average Bonchev–Trinajstić information content (AvgIpc) is 2.52. The molecule has 3 rings (SSSR count). The van der Waals surface area contributed by atoms with Crippen molar-refractivity contribution in [3.63, 3.8) is 0 Å². The van der Waals surface area contributed by atoms with E-state index in [4.69, 9.17) is 4.74 Å². The average molecular weight is 324 g/mol. The van der Waals surface area contributed by atoms with Crippen LogP contribution in [0.4, 0.5) is 4.79 Å². The zero-order valence-electron chi connectivity index (χ0n) is 13.9. The van der Waals surface area contributed by atoms with Crippen molar-refractivity contribution in [1.82, 2.24) is 10.6 Å². The molecule has 0 saturated heterocycles. The predicted molar refractivity (Wildman–Crippen MR) is 92.3 cm³/mol. The maximum absolute atomic E-state index is 12.6. The number of urea groups is 1. The van der Waals surface area contributed by atoms with Crippen LogP contribution in [-0.2, 0) is 9.53 Å². The highest BCUT2D eigenvalue weighted by atomic mass is 16.5. The van der Waals surface area contributed by atoms with Crippen LogP contribution in [0.1, 0.15) is 32.4 Å².